The van der Waals surface area contributed by atoms with Gasteiger partial charge in [0.05, 0.1) is 6.04 Å². The van der Waals surface area contributed by atoms with E-state index in [2.05, 4.69) is 4.90 Å². The first-order valence-electron chi connectivity index (χ1n) is 5.54. The van der Waals surface area contributed by atoms with E-state index in [1.807, 2.05) is 6.07 Å². The van der Waals surface area contributed by atoms with Gasteiger partial charge in [-0.05, 0) is 38.1 Å². The fourth-order valence-corrected chi connectivity index (χ4v) is 2.54. The summed E-state index contributed by atoms with van der Waals surface area (Å²) in [5.41, 5.74) is 1.23. The minimum absolute atomic E-state index is 0.288. The van der Waals surface area contributed by atoms with Crippen LogP contribution in [-0.2, 0) is 0 Å². The number of benzene rings is 1. The van der Waals surface area contributed by atoms with Crippen molar-refractivity contribution in [3.8, 4) is 11.5 Å². The molecule has 0 spiro atoms. The second-order valence-electron chi connectivity index (χ2n) is 4.29. The van der Waals surface area contributed by atoms with Gasteiger partial charge in [-0.25, -0.2) is 0 Å². The van der Waals surface area contributed by atoms with Gasteiger partial charge < -0.3 is 9.84 Å². The zero-order valence-corrected chi connectivity index (χ0v) is 8.65. The van der Waals surface area contributed by atoms with Gasteiger partial charge in [-0.1, -0.05) is 0 Å². The molecule has 0 saturated carbocycles. The predicted octanol–water partition coefficient (Wildman–Crippen LogP) is 1.92. The van der Waals surface area contributed by atoms with Crippen molar-refractivity contribution in [1.82, 2.24) is 4.90 Å². The molecule has 15 heavy (non-hydrogen) atoms. The maximum Gasteiger partial charge on any atom is 0.127 e. The Bertz CT molecular complexity index is 372. The Morgan fingerprint density at radius 2 is 2.07 bits per heavy atom. The van der Waals surface area contributed by atoms with E-state index in [0.29, 0.717) is 6.04 Å². The fraction of sp³-hybridized carbons (Fsp3) is 0.500. The third-order valence-corrected chi connectivity index (χ3v) is 3.33. The maximum absolute atomic E-state index is 9.35. The monoisotopic (exact) mass is 205 g/mol. The number of hydrogen-bond donors (Lipinski definition) is 1. The van der Waals surface area contributed by atoms with E-state index >= 15 is 0 Å². The molecule has 0 radical (unpaired) electrons. The molecule has 2 aliphatic heterocycles. The molecule has 3 rings (SSSR count). The van der Waals surface area contributed by atoms with Gasteiger partial charge in [-0.2, -0.15) is 0 Å². The predicted molar refractivity (Wildman–Crippen MR) is 57.1 cm³/mol. The Balaban J connectivity index is 1.90. The van der Waals surface area contributed by atoms with Crippen LogP contribution in [-0.4, -0.2) is 29.7 Å². The number of likely N-dealkylation sites (tertiary alicyclic amines) is 1. The van der Waals surface area contributed by atoms with E-state index in [1.165, 1.54) is 31.5 Å². The van der Waals surface area contributed by atoms with Crippen molar-refractivity contribution < 1.29 is 9.84 Å². The molecule has 0 amide bonds. The summed E-state index contributed by atoms with van der Waals surface area (Å²) in [6.07, 6.45) is 2.59. The highest BCUT2D eigenvalue weighted by Gasteiger charge is 2.31. The van der Waals surface area contributed by atoms with Crippen LogP contribution in [0.4, 0.5) is 0 Å². The molecule has 3 heteroatoms. The highest BCUT2D eigenvalue weighted by atomic mass is 16.5. The number of ether oxygens (including phenoxy) is 1. The molecular weight excluding hydrogens is 190 g/mol. The first-order valence-corrected chi connectivity index (χ1v) is 5.54. The second kappa shape index (κ2) is 3.42. The first kappa shape index (κ1) is 9.04. The number of phenols is 1. The van der Waals surface area contributed by atoms with E-state index in [1.54, 1.807) is 12.1 Å². The minimum atomic E-state index is 0.288. The molecule has 1 saturated heterocycles. The molecule has 1 aromatic rings. The van der Waals surface area contributed by atoms with Crippen molar-refractivity contribution in [3.05, 3.63) is 23.8 Å². The average Bonchev–Trinajstić information content (AvgIpc) is 2.82. The van der Waals surface area contributed by atoms with Gasteiger partial charge in [0, 0.05) is 11.6 Å². The van der Waals surface area contributed by atoms with Gasteiger partial charge in [0.15, 0.2) is 0 Å². The molecule has 1 N–H and O–H groups in total. The third-order valence-electron chi connectivity index (χ3n) is 3.33. The van der Waals surface area contributed by atoms with E-state index in [4.69, 9.17) is 4.74 Å². The van der Waals surface area contributed by atoms with Crippen LogP contribution >= 0.6 is 0 Å². The van der Waals surface area contributed by atoms with Crippen LogP contribution in [0.2, 0.25) is 0 Å². The Kier molecular flexibility index (Phi) is 2.06. The van der Waals surface area contributed by atoms with E-state index in [0.717, 1.165) is 12.4 Å². The number of hydrogen-bond acceptors (Lipinski definition) is 3. The number of phenolic OH excluding ortho intramolecular Hbond substituents is 1. The molecule has 0 aliphatic carbocycles. The molecule has 3 nitrogen and oxygen atoms in total. The van der Waals surface area contributed by atoms with Crippen molar-refractivity contribution in [2.24, 2.45) is 0 Å². The number of rotatable bonds is 1. The summed E-state index contributed by atoms with van der Waals surface area (Å²) in [5.74, 6) is 1.14. The van der Waals surface area contributed by atoms with Crippen molar-refractivity contribution in [1.29, 1.82) is 0 Å². The van der Waals surface area contributed by atoms with Crippen molar-refractivity contribution in [2.75, 3.05) is 19.7 Å². The first-order chi connectivity index (χ1) is 7.34. The molecule has 1 fully saturated rings. The lowest BCUT2D eigenvalue weighted by molar-refractivity contribution is 0.195. The van der Waals surface area contributed by atoms with Gasteiger partial charge in [0.1, 0.15) is 18.1 Å². The van der Waals surface area contributed by atoms with Crippen LogP contribution in [0.5, 0.6) is 11.5 Å². The summed E-state index contributed by atoms with van der Waals surface area (Å²) in [4.78, 5) is 2.48. The molecule has 1 atom stereocenters. The molecule has 2 heterocycles. The zero-order valence-electron chi connectivity index (χ0n) is 8.65. The Labute approximate surface area is 89.3 Å². The Hall–Kier alpha value is -1.22. The molecule has 1 unspecified atom stereocenters. The largest absolute Gasteiger partial charge is 0.508 e. The summed E-state index contributed by atoms with van der Waals surface area (Å²) in [6.45, 7) is 3.08. The van der Waals surface area contributed by atoms with Gasteiger partial charge in [0.25, 0.3) is 0 Å². The normalized spacial score (nSPS) is 25.2. The smallest absolute Gasteiger partial charge is 0.127 e. The molecule has 2 aliphatic rings. The van der Waals surface area contributed by atoms with Crippen LogP contribution in [0.15, 0.2) is 18.2 Å². The van der Waals surface area contributed by atoms with Crippen molar-refractivity contribution >= 4 is 0 Å². The van der Waals surface area contributed by atoms with E-state index < -0.39 is 0 Å². The van der Waals surface area contributed by atoms with Gasteiger partial charge in [-0.3, -0.25) is 4.90 Å². The summed E-state index contributed by atoms with van der Waals surface area (Å²) in [6, 6.07) is 5.85. The molecular formula is C12H15NO2. The van der Waals surface area contributed by atoms with Gasteiger partial charge in [-0.15, -0.1) is 0 Å². The lowest BCUT2D eigenvalue weighted by Gasteiger charge is -2.21. The lowest BCUT2D eigenvalue weighted by atomic mass is 10.1. The average molecular weight is 205 g/mol. The number of fused-ring (bicyclic) bond motifs is 1. The number of aromatic hydroxyl groups is 1. The van der Waals surface area contributed by atoms with Crippen molar-refractivity contribution in [3.63, 3.8) is 0 Å². The summed E-state index contributed by atoms with van der Waals surface area (Å²) in [5, 5.41) is 9.35. The Morgan fingerprint density at radius 3 is 2.87 bits per heavy atom. The van der Waals surface area contributed by atoms with Crippen LogP contribution in [0.1, 0.15) is 24.4 Å². The highest BCUT2D eigenvalue weighted by Crippen LogP contribution is 2.39. The maximum atomic E-state index is 9.35. The highest BCUT2D eigenvalue weighted by molar-refractivity contribution is 5.44. The van der Waals surface area contributed by atoms with Crippen molar-refractivity contribution in [2.45, 2.75) is 18.9 Å². The van der Waals surface area contributed by atoms with Crippen LogP contribution in [0.25, 0.3) is 0 Å². The molecule has 80 valence electrons. The standard InChI is InChI=1S/C12H15NO2/c14-9-3-4-10-11(8-15-12(10)7-9)13-5-1-2-6-13/h3-4,7,11,14H,1-2,5-6,8H2. The van der Waals surface area contributed by atoms with Gasteiger partial charge >= 0.3 is 0 Å². The number of nitrogens with zero attached hydrogens (tertiary/aromatic N) is 1. The van der Waals surface area contributed by atoms with E-state index in [9.17, 15) is 5.11 Å². The summed E-state index contributed by atoms with van der Waals surface area (Å²) in [7, 11) is 0. The Morgan fingerprint density at radius 1 is 1.27 bits per heavy atom. The minimum Gasteiger partial charge on any atom is -0.508 e. The quantitative estimate of drug-likeness (QED) is 0.760. The van der Waals surface area contributed by atoms with Crippen LogP contribution in [0.3, 0.4) is 0 Å². The SMILES string of the molecule is Oc1ccc2c(c1)OCC2N1CCCC1. The summed E-state index contributed by atoms with van der Waals surface area (Å²) >= 11 is 0. The lowest BCUT2D eigenvalue weighted by Crippen LogP contribution is -2.26. The topological polar surface area (TPSA) is 32.7 Å². The molecule has 0 bridgehead atoms. The van der Waals surface area contributed by atoms with Crippen LogP contribution in [0, 0.1) is 0 Å². The second-order valence-corrected chi connectivity index (χ2v) is 4.29. The van der Waals surface area contributed by atoms with E-state index in [-0.39, 0.29) is 5.75 Å². The molecule has 0 aromatic heterocycles. The zero-order chi connectivity index (χ0) is 10.3. The molecule has 1 aromatic carbocycles. The van der Waals surface area contributed by atoms with Gasteiger partial charge in [0.2, 0.25) is 0 Å². The fourth-order valence-electron chi connectivity index (χ4n) is 2.54. The van der Waals surface area contributed by atoms with Crippen LogP contribution < -0.4 is 4.74 Å². The third kappa shape index (κ3) is 1.47. The summed E-state index contributed by atoms with van der Waals surface area (Å²) < 4.78 is 5.60.